The highest BCUT2D eigenvalue weighted by atomic mass is 16.3. The second-order valence-corrected chi connectivity index (χ2v) is 12.1. The van der Waals surface area contributed by atoms with Gasteiger partial charge in [0.2, 0.25) is 0 Å². The molecular weight excluding hydrogens is 564 g/mol. The molecule has 0 aliphatic carbocycles. The van der Waals surface area contributed by atoms with Crippen molar-refractivity contribution in [2.45, 2.75) is 0 Å². The van der Waals surface area contributed by atoms with Crippen molar-refractivity contribution in [2.24, 2.45) is 0 Å². The van der Waals surface area contributed by atoms with Crippen LogP contribution in [0.25, 0.3) is 98.9 Å². The second kappa shape index (κ2) is 8.68. The third-order valence-corrected chi connectivity index (χ3v) is 9.71. The zero-order valence-corrected chi connectivity index (χ0v) is 24.6. The van der Waals surface area contributed by atoms with Gasteiger partial charge in [0.15, 0.2) is 0 Å². The maximum atomic E-state index is 6.53. The van der Waals surface area contributed by atoms with Crippen molar-refractivity contribution in [3.05, 3.63) is 146 Å². The van der Waals surface area contributed by atoms with E-state index in [1.165, 1.54) is 10.8 Å². The van der Waals surface area contributed by atoms with Crippen molar-refractivity contribution < 1.29 is 8.83 Å². The number of fused-ring (bicyclic) bond motifs is 14. The van der Waals surface area contributed by atoms with Gasteiger partial charge in [-0.2, -0.15) is 0 Å². The van der Waals surface area contributed by atoms with Gasteiger partial charge in [-0.3, -0.25) is 0 Å². The number of hydrogen-bond donors (Lipinski definition) is 0. The molecule has 0 amide bonds. The van der Waals surface area contributed by atoms with E-state index >= 15 is 0 Å². The van der Waals surface area contributed by atoms with Crippen LogP contribution in [0.15, 0.2) is 154 Å². The van der Waals surface area contributed by atoms with Gasteiger partial charge in [0.05, 0.1) is 32.8 Å². The van der Waals surface area contributed by atoms with E-state index < -0.39 is 0 Å². The molecule has 4 nitrogen and oxygen atoms in total. The predicted molar refractivity (Wildman–Crippen MR) is 190 cm³/mol. The van der Waals surface area contributed by atoms with Crippen molar-refractivity contribution in [3.63, 3.8) is 0 Å². The van der Waals surface area contributed by atoms with Crippen LogP contribution in [0.1, 0.15) is 0 Å². The summed E-state index contributed by atoms with van der Waals surface area (Å²) in [5.41, 5.74) is 10.4. The largest absolute Gasteiger partial charge is 0.455 e. The maximum Gasteiger partial charge on any atom is 0.145 e. The van der Waals surface area contributed by atoms with Crippen LogP contribution < -0.4 is 0 Å². The lowest BCUT2D eigenvalue weighted by Crippen LogP contribution is -1.98. The molecule has 4 heteroatoms. The predicted octanol–water partition coefficient (Wildman–Crippen LogP) is 11.7. The fraction of sp³-hybridized carbons (Fsp3) is 0. The Morgan fingerprint density at radius 2 is 0.761 bits per heavy atom. The Balaban J connectivity index is 1.21. The lowest BCUT2D eigenvalue weighted by atomic mass is 10.1. The van der Waals surface area contributed by atoms with Gasteiger partial charge in [-0.05, 0) is 66.7 Å². The van der Waals surface area contributed by atoms with Crippen LogP contribution in [-0.2, 0) is 0 Å². The Labute approximate surface area is 261 Å². The first-order valence-electron chi connectivity index (χ1n) is 15.6. The van der Waals surface area contributed by atoms with Crippen molar-refractivity contribution in [2.75, 3.05) is 0 Å². The van der Waals surface area contributed by atoms with E-state index in [0.717, 1.165) is 88.1 Å². The summed E-state index contributed by atoms with van der Waals surface area (Å²) in [4.78, 5) is 0. The van der Waals surface area contributed by atoms with E-state index in [1.54, 1.807) is 0 Å². The minimum atomic E-state index is 0.911. The summed E-state index contributed by atoms with van der Waals surface area (Å²) in [7, 11) is 0. The topological polar surface area (TPSA) is 36.1 Å². The molecule has 46 heavy (non-hydrogen) atoms. The van der Waals surface area contributed by atoms with Crippen LogP contribution in [-0.4, -0.2) is 9.13 Å². The fourth-order valence-electron chi connectivity index (χ4n) is 7.80. The van der Waals surface area contributed by atoms with Crippen LogP contribution in [0.3, 0.4) is 0 Å². The van der Waals surface area contributed by atoms with Crippen molar-refractivity contribution in [1.29, 1.82) is 0 Å². The molecule has 0 atom stereocenters. The van der Waals surface area contributed by atoms with E-state index in [4.69, 9.17) is 8.83 Å². The highest BCUT2D eigenvalue weighted by molar-refractivity contribution is 6.25. The van der Waals surface area contributed by atoms with E-state index in [2.05, 4.69) is 143 Å². The molecule has 7 aromatic carbocycles. The summed E-state index contributed by atoms with van der Waals surface area (Å²) in [5, 5.41) is 9.20. The number of rotatable bonds is 2. The van der Waals surface area contributed by atoms with Gasteiger partial charge in [-0.1, -0.05) is 78.9 Å². The minimum absolute atomic E-state index is 0.911. The first-order chi connectivity index (χ1) is 22.8. The van der Waals surface area contributed by atoms with Gasteiger partial charge in [-0.15, -0.1) is 0 Å². The summed E-state index contributed by atoms with van der Waals surface area (Å²) in [6.45, 7) is 0. The molecule has 11 aromatic rings. The molecule has 0 spiro atoms. The highest BCUT2D eigenvalue weighted by Crippen LogP contribution is 2.43. The van der Waals surface area contributed by atoms with Crippen molar-refractivity contribution >= 4 is 87.5 Å². The first kappa shape index (κ1) is 24.1. The molecule has 0 saturated carbocycles. The highest BCUT2D eigenvalue weighted by Gasteiger charge is 2.21. The SMILES string of the molecule is c1cc(-n2c3ccccc3c3c4oc5ccccc5c4ccc32)cc(-n2c3ccccc3c3c4oc5ccccc5c4ccc32)c1. The molecule has 0 aliphatic heterocycles. The van der Waals surface area contributed by atoms with Crippen LogP contribution >= 0.6 is 0 Å². The number of aromatic nitrogens is 2. The molecule has 0 N–H and O–H groups in total. The third kappa shape index (κ3) is 3.03. The average molecular weight is 589 g/mol. The van der Waals surface area contributed by atoms with Crippen molar-refractivity contribution in [3.8, 4) is 11.4 Å². The molecule has 4 heterocycles. The van der Waals surface area contributed by atoms with E-state index in [-0.39, 0.29) is 0 Å². The van der Waals surface area contributed by atoms with Crippen molar-refractivity contribution in [1.82, 2.24) is 9.13 Å². The molecule has 214 valence electrons. The Kier molecular flexibility index (Phi) is 4.55. The normalized spacial score (nSPS) is 12.3. The van der Waals surface area contributed by atoms with E-state index in [9.17, 15) is 0 Å². The van der Waals surface area contributed by atoms with Gasteiger partial charge < -0.3 is 18.0 Å². The molecule has 0 unspecified atom stereocenters. The van der Waals surface area contributed by atoms with Crippen LogP contribution in [0.2, 0.25) is 0 Å². The number of hydrogen-bond acceptors (Lipinski definition) is 2. The average Bonchev–Trinajstić information content (AvgIpc) is 3.85. The standard InChI is InChI=1S/C42H24N2O2/c1-5-16-33-31(14-1)39-35(22-20-29-27-12-3-7-18-37(27)45-41(29)39)43(33)25-10-9-11-26(24-25)44-34-17-6-2-15-32(34)40-36(44)23-21-30-28-13-4-8-19-38(28)46-42(30)40/h1-24H. The third-order valence-electron chi connectivity index (χ3n) is 9.71. The smallest absolute Gasteiger partial charge is 0.145 e. The Morgan fingerprint density at radius 1 is 0.326 bits per heavy atom. The molecule has 0 bridgehead atoms. The van der Waals surface area contributed by atoms with Gasteiger partial charge in [0.25, 0.3) is 0 Å². The molecule has 4 aromatic heterocycles. The molecule has 0 radical (unpaired) electrons. The van der Waals surface area contributed by atoms with Gasteiger partial charge in [0, 0.05) is 43.7 Å². The Morgan fingerprint density at radius 3 is 1.26 bits per heavy atom. The second-order valence-electron chi connectivity index (χ2n) is 12.1. The first-order valence-corrected chi connectivity index (χ1v) is 15.6. The summed E-state index contributed by atoms with van der Waals surface area (Å²) >= 11 is 0. The fourth-order valence-corrected chi connectivity index (χ4v) is 7.80. The minimum Gasteiger partial charge on any atom is -0.455 e. The van der Waals surface area contributed by atoms with Gasteiger partial charge in [-0.25, -0.2) is 0 Å². The van der Waals surface area contributed by atoms with E-state index in [0.29, 0.717) is 0 Å². The maximum absolute atomic E-state index is 6.53. The zero-order chi connectivity index (χ0) is 29.9. The van der Waals surface area contributed by atoms with Crippen LogP contribution in [0.4, 0.5) is 0 Å². The summed E-state index contributed by atoms with van der Waals surface area (Å²) in [6, 6.07) is 51.6. The number of para-hydroxylation sites is 4. The van der Waals surface area contributed by atoms with Crippen LogP contribution in [0.5, 0.6) is 0 Å². The van der Waals surface area contributed by atoms with Crippen LogP contribution in [0, 0.1) is 0 Å². The number of benzene rings is 7. The summed E-state index contributed by atoms with van der Waals surface area (Å²) in [5.74, 6) is 0. The van der Waals surface area contributed by atoms with E-state index in [1.807, 2.05) is 12.1 Å². The zero-order valence-electron chi connectivity index (χ0n) is 24.6. The lowest BCUT2D eigenvalue weighted by Gasteiger charge is -2.12. The molecule has 11 rings (SSSR count). The van der Waals surface area contributed by atoms with Gasteiger partial charge in [0.1, 0.15) is 22.3 Å². The molecule has 0 fully saturated rings. The Bertz CT molecular complexity index is 2840. The number of furan rings is 2. The van der Waals surface area contributed by atoms with Gasteiger partial charge >= 0.3 is 0 Å². The number of nitrogens with zero attached hydrogens (tertiary/aromatic N) is 2. The summed E-state index contributed by atoms with van der Waals surface area (Å²) in [6.07, 6.45) is 0. The monoisotopic (exact) mass is 588 g/mol. The summed E-state index contributed by atoms with van der Waals surface area (Å²) < 4.78 is 17.8. The molecule has 0 saturated heterocycles. The molecular formula is C42H24N2O2. The Hall–Kier alpha value is -6.26. The lowest BCUT2D eigenvalue weighted by molar-refractivity contribution is 0.672. The molecule has 0 aliphatic rings. The quantitative estimate of drug-likeness (QED) is 0.201.